The molecule has 6 heteroatoms. The molecule has 0 unspecified atom stereocenters. The number of pyridine rings is 1. The quantitative estimate of drug-likeness (QED) is 0.742. The van der Waals surface area contributed by atoms with Crippen LogP contribution in [0, 0.1) is 6.92 Å². The number of fused-ring (bicyclic) bond motifs is 1. The zero-order chi connectivity index (χ0) is 16.6. The highest BCUT2D eigenvalue weighted by Crippen LogP contribution is 2.33. The van der Waals surface area contributed by atoms with Crippen molar-refractivity contribution in [1.82, 2.24) is 14.6 Å². The van der Waals surface area contributed by atoms with Gasteiger partial charge in [-0.05, 0) is 24.6 Å². The molecule has 0 spiro atoms. The molecule has 1 aromatic carbocycles. The summed E-state index contributed by atoms with van der Waals surface area (Å²) in [5.41, 5.74) is 7.42. The molecule has 0 aliphatic heterocycles. The Morgan fingerprint density at radius 3 is 3.05 bits per heavy atom. The van der Waals surface area contributed by atoms with E-state index in [1.165, 1.54) is 12.4 Å². The minimum atomic E-state index is -2.58. The second-order valence-corrected chi connectivity index (χ2v) is 4.28. The van der Waals surface area contributed by atoms with Gasteiger partial charge in [0.15, 0.2) is 5.65 Å². The zero-order valence-electron chi connectivity index (χ0n) is 13.7. The standard InChI is InChI=1S/C14H14N4O2/c1-9-5-11(15)13(19-2)7-12(9)20-10-3-4-18-14(6-10)16-8-17-18/h3-8H,15H2,1-2H3/i2D3. The van der Waals surface area contributed by atoms with Crippen molar-refractivity contribution < 1.29 is 13.6 Å². The fourth-order valence-corrected chi connectivity index (χ4v) is 1.88. The van der Waals surface area contributed by atoms with Gasteiger partial charge in [0.25, 0.3) is 0 Å². The van der Waals surface area contributed by atoms with Crippen molar-refractivity contribution in [1.29, 1.82) is 0 Å². The summed E-state index contributed by atoms with van der Waals surface area (Å²) in [5.74, 6) is 1.04. The molecule has 0 atom stereocenters. The van der Waals surface area contributed by atoms with Gasteiger partial charge in [-0.2, -0.15) is 5.10 Å². The van der Waals surface area contributed by atoms with E-state index in [1.54, 1.807) is 35.8 Å². The van der Waals surface area contributed by atoms with E-state index in [4.69, 9.17) is 19.3 Å². The number of aromatic nitrogens is 3. The Labute approximate surface area is 120 Å². The highest BCUT2D eigenvalue weighted by atomic mass is 16.5. The molecular formula is C14H14N4O2. The van der Waals surface area contributed by atoms with E-state index in [0.29, 0.717) is 17.1 Å². The molecule has 2 aromatic heterocycles. The van der Waals surface area contributed by atoms with Crippen LogP contribution in [0.5, 0.6) is 17.2 Å². The lowest BCUT2D eigenvalue weighted by molar-refractivity contribution is 0.410. The number of anilines is 1. The van der Waals surface area contributed by atoms with Crippen molar-refractivity contribution in [2.75, 3.05) is 12.8 Å². The van der Waals surface area contributed by atoms with Crippen molar-refractivity contribution in [2.45, 2.75) is 6.92 Å². The van der Waals surface area contributed by atoms with E-state index in [2.05, 4.69) is 10.1 Å². The van der Waals surface area contributed by atoms with Gasteiger partial charge in [0, 0.05) is 18.3 Å². The summed E-state index contributed by atoms with van der Waals surface area (Å²) in [6, 6.07) is 6.51. The molecule has 0 aliphatic rings. The highest BCUT2D eigenvalue weighted by Gasteiger charge is 2.08. The van der Waals surface area contributed by atoms with Gasteiger partial charge < -0.3 is 15.2 Å². The topological polar surface area (TPSA) is 74.7 Å². The maximum Gasteiger partial charge on any atom is 0.158 e. The van der Waals surface area contributed by atoms with Crippen LogP contribution in [0.2, 0.25) is 0 Å². The normalized spacial score (nSPS) is 13.6. The summed E-state index contributed by atoms with van der Waals surface area (Å²) in [6.07, 6.45) is 3.15. The van der Waals surface area contributed by atoms with Crippen LogP contribution in [0.3, 0.4) is 0 Å². The third kappa shape index (κ3) is 2.11. The van der Waals surface area contributed by atoms with Crippen LogP contribution in [0.15, 0.2) is 36.8 Å². The van der Waals surface area contributed by atoms with Gasteiger partial charge in [-0.1, -0.05) is 0 Å². The van der Waals surface area contributed by atoms with Gasteiger partial charge >= 0.3 is 0 Å². The lowest BCUT2D eigenvalue weighted by Crippen LogP contribution is -1.96. The van der Waals surface area contributed by atoms with Gasteiger partial charge in [0.05, 0.1) is 16.8 Å². The number of ether oxygens (including phenoxy) is 2. The Bertz CT molecular complexity index is 861. The number of nitrogen functional groups attached to an aromatic ring is 1. The molecular weight excluding hydrogens is 256 g/mol. The third-order valence-corrected chi connectivity index (χ3v) is 2.90. The van der Waals surface area contributed by atoms with Crippen LogP contribution >= 0.6 is 0 Å². The summed E-state index contributed by atoms with van der Waals surface area (Å²) >= 11 is 0. The molecule has 0 radical (unpaired) electrons. The number of methoxy groups -OCH3 is 1. The molecule has 0 bridgehead atoms. The third-order valence-electron chi connectivity index (χ3n) is 2.90. The summed E-state index contributed by atoms with van der Waals surface area (Å²) in [7, 11) is -2.58. The van der Waals surface area contributed by atoms with Gasteiger partial charge in [-0.25, -0.2) is 9.50 Å². The zero-order valence-corrected chi connectivity index (χ0v) is 10.7. The van der Waals surface area contributed by atoms with Crippen LogP contribution in [0.1, 0.15) is 9.68 Å². The molecule has 0 fully saturated rings. The van der Waals surface area contributed by atoms with Gasteiger partial charge in [0.2, 0.25) is 0 Å². The van der Waals surface area contributed by atoms with Crippen molar-refractivity contribution in [2.24, 2.45) is 0 Å². The van der Waals surface area contributed by atoms with Crippen molar-refractivity contribution in [3.05, 3.63) is 42.4 Å². The first-order valence-corrected chi connectivity index (χ1v) is 5.88. The molecule has 102 valence electrons. The first-order chi connectivity index (χ1) is 10.8. The molecule has 2 heterocycles. The van der Waals surface area contributed by atoms with Crippen molar-refractivity contribution in [3.63, 3.8) is 0 Å². The van der Waals surface area contributed by atoms with Crippen LogP contribution in [-0.4, -0.2) is 21.6 Å². The average Bonchev–Trinajstić information content (AvgIpc) is 2.90. The van der Waals surface area contributed by atoms with E-state index in [9.17, 15) is 0 Å². The molecule has 0 saturated heterocycles. The summed E-state index contributed by atoms with van der Waals surface area (Å²) in [6.45, 7) is 1.81. The van der Waals surface area contributed by atoms with E-state index in [-0.39, 0.29) is 11.4 Å². The molecule has 20 heavy (non-hydrogen) atoms. The fraction of sp³-hybridized carbons (Fsp3) is 0.143. The molecule has 6 nitrogen and oxygen atoms in total. The highest BCUT2D eigenvalue weighted by molar-refractivity contribution is 5.59. The van der Waals surface area contributed by atoms with Crippen LogP contribution < -0.4 is 15.2 Å². The number of nitrogens with zero attached hydrogens (tertiary/aromatic N) is 3. The lowest BCUT2D eigenvalue weighted by atomic mass is 10.2. The SMILES string of the molecule is [2H]C([2H])([2H])Oc1cc(Oc2ccn3ncnc3c2)c(C)cc1N. The molecule has 0 saturated carbocycles. The predicted octanol–water partition coefficient (Wildman–Crippen LogP) is 2.42. The number of rotatable bonds is 3. The second-order valence-electron chi connectivity index (χ2n) is 4.28. The smallest absolute Gasteiger partial charge is 0.158 e. The minimum absolute atomic E-state index is 0.0501. The van der Waals surface area contributed by atoms with Crippen LogP contribution in [0.4, 0.5) is 5.69 Å². The Kier molecular flexibility index (Phi) is 2.17. The molecule has 3 rings (SSSR count). The van der Waals surface area contributed by atoms with Gasteiger partial charge in [-0.15, -0.1) is 0 Å². The first-order valence-electron chi connectivity index (χ1n) is 7.38. The first kappa shape index (κ1) is 9.19. The van der Waals surface area contributed by atoms with Crippen molar-refractivity contribution >= 4 is 11.3 Å². The van der Waals surface area contributed by atoms with E-state index >= 15 is 0 Å². The second kappa shape index (κ2) is 4.73. The largest absolute Gasteiger partial charge is 0.494 e. The monoisotopic (exact) mass is 273 g/mol. The van der Waals surface area contributed by atoms with Gasteiger partial charge in [0.1, 0.15) is 23.6 Å². The summed E-state index contributed by atoms with van der Waals surface area (Å²) in [5, 5.41) is 4.00. The maximum absolute atomic E-state index is 7.18. The number of nitrogens with two attached hydrogens (primary N) is 1. The van der Waals surface area contributed by atoms with Crippen LogP contribution in [0.25, 0.3) is 5.65 Å². The molecule has 0 amide bonds. The number of benzene rings is 1. The van der Waals surface area contributed by atoms with Crippen LogP contribution in [-0.2, 0) is 0 Å². The Morgan fingerprint density at radius 1 is 1.30 bits per heavy atom. The summed E-state index contributed by atoms with van der Waals surface area (Å²) in [4.78, 5) is 4.08. The Morgan fingerprint density at radius 2 is 2.20 bits per heavy atom. The number of hydrogen-bond donors (Lipinski definition) is 1. The minimum Gasteiger partial charge on any atom is -0.494 e. The number of aryl methyl sites for hydroxylation is 1. The number of hydrogen-bond acceptors (Lipinski definition) is 5. The maximum atomic E-state index is 7.18. The fourth-order valence-electron chi connectivity index (χ4n) is 1.88. The molecule has 2 N–H and O–H groups in total. The Hall–Kier alpha value is -2.76. The van der Waals surface area contributed by atoms with E-state index in [0.717, 1.165) is 5.56 Å². The Balaban J connectivity index is 1.93. The lowest BCUT2D eigenvalue weighted by Gasteiger charge is -2.12. The van der Waals surface area contributed by atoms with E-state index < -0.39 is 7.04 Å². The molecule has 0 aliphatic carbocycles. The summed E-state index contributed by atoms with van der Waals surface area (Å²) < 4.78 is 33.8. The molecule has 3 aromatic rings. The van der Waals surface area contributed by atoms with Gasteiger partial charge in [-0.3, -0.25) is 0 Å². The van der Waals surface area contributed by atoms with Crippen molar-refractivity contribution in [3.8, 4) is 17.2 Å². The average molecular weight is 273 g/mol. The predicted molar refractivity (Wildman–Crippen MR) is 75.2 cm³/mol. The van der Waals surface area contributed by atoms with E-state index in [1.807, 2.05) is 0 Å².